The normalized spacial score (nSPS) is 16.8. The lowest BCUT2D eigenvalue weighted by atomic mass is 9.95. The van der Waals surface area contributed by atoms with Gasteiger partial charge in [0, 0.05) is 17.3 Å². The fourth-order valence-corrected chi connectivity index (χ4v) is 4.65. The number of Topliss-reactive ketones (excluding diaryl/α,β-unsaturated/α-hetero) is 1. The lowest BCUT2D eigenvalue weighted by Crippen LogP contribution is -2.29. The Labute approximate surface area is 218 Å². The Kier molecular flexibility index (Phi) is 7.64. The second kappa shape index (κ2) is 10.9. The van der Waals surface area contributed by atoms with Crippen molar-refractivity contribution in [2.24, 2.45) is 0 Å². The number of hydrogen-bond acceptors (Lipinski definition) is 6. The van der Waals surface area contributed by atoms with Crippen molar-refractivity contribution in [1.82, 2.24) is 0 Å². The van der Waals surface area contributed by atoms with Gasteiger partial charge in [0.1, 0.15) is 23.0 Å². The number of aliphatic hydroxyl groups is 1. The molecule has 1 aliphatic heterocycles. The molecule has 1 N–H and O–H groups in total. The molecular formula is C28H26BrNO6. The fraction of sp³-hybridized carbons (Fsp3) is 0.214. The van der Waals surface area contributed by atoms with Crippen LogP contribution < -0.4 is 19.1 Å². The second-order valence-corrected chi connectivity index (χ2v) is 8.99. The minimum atomic E-state index is -0.863. The number of benzene rings is 3. The second-order valence-electron chi connectivity index (χ2n) is 8.14. The lowest BCUT2D eigenvalue weighted by Gasteiger charge is -2.26. The molecule has 7 nitrogen and oxygen atoms in total. The van der Waals surface area contributed by atoms with Gasteiger partial charge in [-0.2, -0.15) is 0 Å². The highest BCUT2D eigenvalue weighted by molar-refractivity contribution is 9.10. The van der Waals surface area contributed by atoms with Crippen LogP contribution in [0.25, 0.3) is 5.76 Å². The molecule has 36 heavy (non-hydrogen) atoms. The molecule has 4 rings (SSSR count). The monoisotopic (exact) mass is 551 g/mol. The Morgan fingerprint density at radius 2 is 1.72 bits per heavy atom. The first-order valence-corrected chi connectivity index (χ1v) is 12.2. The van der Waals surface area contributed by atoms with Crippen molar-refractivity contribution in [3.05, 3.63) is 87.9 Å². The molecule has 0 radical (unpaired) electrons. The largest absolute Gasteiger partial charge is 0.507 e. The summed E-state index contributed by atoms with van der Waals surface area (Å²) in [7, 11) is 3.06. The first-order chi connectivity index (χ1) is 17.4. The van der Waals surface area contributed by atoms with Crippen molar-refractivity contribution in [2.75, 3.05) is 25.7 Å². The first kappa shape index (κ1) is 25.3. The van der Waals surface area contributed by atoms with Crippen LogP contribution in [0.3, 0.4) is 0 Å². The van der Waals surface area contributed by atoms with Gasteiger partial charge in [-0.15, -0.1) is 0 Å². The number of halogens is 1. The Bertz CT molecular complexity index is 1320. The predicted molar refractivity (Wildman–Crippen MR) is 141 cm³/mol. The minimum Gasteiger partial charge on any atom is -0.507 e. The summed E-state index contributed by atoms with van der Waals surface area (Å²) < 4.78 is 16.9. The van der Waals surface area contributed by atoms with Gasteiger partial charge in [-0.05, 0) is 70.4 Å². The summed E-state index contributed by atoms with van der Waals surface area (Å²) in [4.78, 5) is 28.1. The highest BCUT2D eigenvalue weighted by atomic mass is 79.9. The van der Waals surface area contributed by atoms with Crippen LogP contribution in [0.1, 0.15) is 30.5 Å². The zero-order chi connectivity index (χ0) is 25.8. The third kappa shape index (κ3) is 4.81. The Morgan fingerprint density at radius 3 is 2.36 bits per heavy atom. The number of ether oxygens (including phenoxy) is 3. The Balaban J connectivity index is 1.88. The van der Waals surface area contributed by atoms with Gasteiger partial charge in [0.15, 0.2) is 0 Å². The SMILES string of the molecule is CCCOc1ccc(C2/C(=C(\O)c3ccc(OC)c(Br)c3)C(=O)C(=O)N2c2cccc(OC)c2)cc1. The predicted octanol–water partition coefficient (Wildman–Crippen LogP) is 5.88. The molecular weight excluding hydrogens is 526 g/mol. The molecule has 0 aliphatic carbocycles. The van der Waals surface area contributed by atoms with Crippen molar-refractivity contribution < 1.29 is 28.9 Å². The average Bonchev–Trinajstić information content (AvgIpc) is 3.17. The first-order valence-electron chi connectivity index (χ1n) is 11.4. The van der Waals surface area contributed by atoms with Crippen LogP contribution in [0.2, 0.25) is 0 Å². The molecule has 0 aromatic heterocycles. The van der Waals surface area contributed by atoms with E-state index in [1.54, 1.807) is 66.7 Å². The number of anilines is 1. The zero-order valence-corrected chi connectivity index (χ0v) is 21.7. The van der Waals surface area contributed by atoms with Crippen LogP contribution in [0.5, 0.6) is 17.2 Å². The zero-order valence-electron chi connectivity index (χ0n) is 20.2. The Morgan fingerprint density at radius 1 is 0.972 bits per heavy atom. The smallest absolute Gasteiger partial charge is 0.300 e. The van der Waals surface area contributed by atoms with Crippen molar-refractivity contribution in [3.8, 4) is 17.2 Å². The molecule has 1 amide bonds. The summed E-state index contributed by atoms with van der Waals surface area (Å²) >= 11 is 3.42. The highest BCUT2D eigenvalue weighted by Gasteiger charge is 2.47. The van der Waals surface area contributed by atoms with Crippen LogP contribution in [-0.2, 0) is 9.59 Å². The van der Waals surface area contributed by atoms with E-state index in [9.17, 15) is 14.7 Å². The minimum absolute atomic E-state index is 0.0119. The van der Waals surface area contributed by atoms with Gasteiger partial charge in [-0.25, -0.2) is 0 Å². The van der Waals surface area contributed by atoms with E-state index >= 15 is 0 Å². The van der Waals surface area contributed by atoms with Gasteiger partial charge in [0.25, 0.3) is 11.7 Å². The van der Waals surface area contributed by atoms with Gasteiger partial charge < -0.3 is 19.3 Å². The third-order valence-electron chi connectivity index (χ3n) is 5.87. The van der Waals surface area contributed by atoms with Crippen LogP contribution in [0, 0.1) is 0 Å². The molecule has 1 unspecified atom stereocenters. The molecule has 186 valence electrons. The lowest BCUT2D eigenvalue weighted by molar-refractivity contribution is -0.132. The van der Waals surface area contributed by atoms with E-state index in [0.717, 1.165) is 6.42 Å². The van der Waals surface area contributed by atoms with E-state index in [0.29, 0.717) is 45.1 Å². The maximum Gasteiger partial charge on any atom is 0.300 e. The molecule has 8 heteroatoms. The number of carbonyl (C=O) groups excluding carboxylic acids is 2. The molecule has 1 heterocycles. The van der Waals surface area contributed by atoms with Gasteiger partial charge in [0.05, 0.1) is 36.9 Å². The number of hydrogen-bond donors (Lipinski definition) is 1. The number of rotatable bonds is 8. The van der Waals surface area contributed by atoms with Crippen LogP contribution in [0.4, 0.5) is 5.69 Å². The molecule has 0 saturated carbocycles. The van der Waals surface area contributed by atoms with Crippen LogP contribution >= 0.6 is 15.9 Å². The van der Waals surface area contributed by atoms with Crippen molar-refractivity contribution in [1.29, 1.82) is 0 Å². The molecule has 3 aromatic rings. The van der Waals surface area contributed by atoms with Crippen molar-refractivity contribution in [2.45, 2.75) is 19.4 Å². The standard InChI is InChI=1S/C28H26BrNO6/c1-4-14-36-20-11-8-17(9-12-20)25-24(26(31)18-10-13-23(35-3)22(29)15-18)27(32)28(33)30(25)19-6-5-7-21(16-19)34-2/h5-13,15-16,25,31H,4,14H2,1-3H3/b26-24+. The molecule has 1 fully saturated rings. The number of amides is 1. The summed E-state index contributed by atoms with van der Waals surface area (Å²) in [5.74, 6) is -0.0122. The molecule has 0 spiro atoms. The van der Waals surface area contributed by atoms with E-state index in [1.165, 1.54) is 19.1 Å². The molecule has 0 bridgehead atoms. The van der Waals surface area contributed by atoms with Gasteiger partial charge in [-0.1, -0.05) is 25.1 Å². The molecule has 1 atom stereocenters. The summed E-state index contributed by atoms with van der Waals surface area (Å²) in [6.45, 7) is 2.60. The van der Waals surface area contributed by atoms with Gasteiger partial charge in [-0.3, -0.25) is 14.5 Å². The quantitative estimate of drug-likeness (QED) is 0.214. The summed E-state index contributed by atoms with van der Waals surface area (Å²) in [5, 5.41) is 11.3. The molecule has 1 aliphatic rings. The third-order valence-corrected chi connectivity index (χ3v) is 6.49. The maximum absolute atomic E-state index is 13.4. The van der Waals surface area contributed by atoms with Crippen molar-refractivity contribution in [3.63, 3.8) is 0 Å². The summed E-state index contributed by atoms with van der Waals surface area (Å²) in [6, 6.07) is 18.2. The number of nitrogens with zero attached hydrogens (tertiary/aromatic N) is 1. The highest BCUT2D eigenvalue weighted by Crippen LogP contribution is 2.43. The number of carbonyl (C=O) groups is 2. The van der Waals surface area contributed by atoms with Gasteiger partial charge >= 0.3 is 0 Å². The molecule has 3 aromatic carbocycles. The number of ketones is 1. The van der Waals surface area contributed by atoms with E-state index in [2.05, 4.69) is 15.9 Å². The van der Waals surface area contributed by atoms with E-state index in [1.807, 2.05) is 6.92 Å². The number of aliphatic hydroxyl groups excluding tert-OH is 1. The number of methoxy groups -OCH3 is 2. The van der Waals surface area contributed by atoms with E-state index in [-0.39, 0.29) is 11.3 Å². The van der Waals surface area contributed by atoms with Crippen molar-refractivity contribution >= 4 is 39.1 Å². The van der Waals surface area contributed by atoms with E-state index in [4.69, 9.17) is 14.2 Å². The van der Waals surface area contributed by atoms with Crippen LogP contribution in [0.15, 0.2) is 76.8 Å². The topological polar surface area (TPSA) is 85.3 Å². The van der Waals surface area contributed by atoms with E-state index < -0.39 is 17.7 Å². The van der Waals surface area contributed by atoms with Crippen LogP contribution in [-0.4, -0.2) is 37.6 Å². The summed E-state index contributed by atoms with van der Waals surface area (Å²) in [5.41, 5.74) is 1.49. The fourth-order valence-electron chi connectivity index (χ4n) is 4.11. The average molecular weight is 552 g/mol. The summed E-state index contributed by atoms with van der Waals surface area (Å²) in [6.07, 6.45) is 0.870. The maximum atomic E-state index is 13.4. The molecule has 1 saturated heterocycles. The Hall–Kier alpha value is -3.78. The van der Waals surface area contributed by atoms with Gasteiger partial charge in [0.2, 0.25) is 0 Å².